The molecular formula is C14H22N2O3. The van der Waals surface area contributed by atoms with Gasteiger partial charge in [0.15, 0.2) is 11.5 Å². The van der Waals surface area contributed by atoms with Crippen molar-refractivity contribution in [2.75, 3.05) is 32.1 Å². The van der Waals surface area contributed by atoms with E-state index in [2.05, 4.69) is 5.32 Å². The molecule has 5 heteroatoms. The second-order valence-electron chi connectivity index (χ2n) is 3.97. The molecule has 0 unspecified atom stereocenters. The molecule has 0 bridgehead atoms. The summed E-state index contributed by atoms with van der Waals surface area (Å²) in [7, 11) is 1.74. The minimum Gasteiger partial charge on any atom is -0.490 e. The first-order valence-corrected chi connectivity index (χ1v) is 6.54. The van der Waals surface area contributed by atoms with Crippen LogP contribution in [0.15, 0.2) is 18.2 Å². The molecule has 0 aliphatic heterocycles. The quantitative estimate of drug-likeness (QED) is 0.861. The topological polar surface area (TPSA) is 50.8 Å². The molecular weight excluding hydrogens is 244 g/mol. The Morgan fingerprint density at radius 1 is 1.16 bits per heavy atom. The van der Waals surface area contributed by atoms with Gasteiger partial charge in [0, 0.05) is 25.3 Å². The highest BCUT2D eigenvalue weighted by Crippen LogP contribution is 2.30. The van der Waals surface area contributed by atoms with Crippen LogP contribution in [0.5, 0.6) is 11.5 Å². The van der Waals surface area contributed by atoms with Gasteiger partial charge in [-0.05, 0) is 32.9 Å². The molecule has 0 aliphatic rings. The minimum absolute atomic E-state index is 0.144. The van der Waals surface area contributed by atoms with E-state index in [4.69, 9.17) is 9.47 Å². The summed E-state index contributed by atoms with van der Waals surface area (Å²) in [5, 5.41) is 2.81. The first-order valence-electron chi connectivity index (χ1n) is 6.54. The van der Waals surface area contributed by atoms with Crippen LogP contribution in [-0.2, 0) is 0 Å². The summed E-state index contributed by atoms with van der Waals surface area (Å²) in [5.41, 5.74) is 0.692. The van der Waals surface area contributed by atoms with Crippen LogP contribution in [0.4, 0.5) is 10.5 Å². The lowest BCUT2D eigenvalue weighted by atomic mass is 10.2. The number of ether oxygens (including phenoxy) is 2. The molecule has 0 heterocycles. The smallest absolute Gasteiger partial charge is 0.321 e. The highest BCUT2D eigenvalue weighted by atomic mass is 16.5. The predicted molar refractivity (Wildman–Crippen MR) is 76.1 cm³/mol. The Morgan fingerprint density at radius 3 is 2.37 bits per heavy atom. The number of benzene rings is 1. The number of hydrogen-bond donors (Lipinski definition) is 1. The number of rotatable bonds is 6. The van der Waals surface area contributed by atoms with Gasteiger partial charge in [0.2, 0.25) is 0 Å². The molecule has 0 aliphatic carbocycles. The van der Waals surface area contributed by atoms with Crippen molar-refractivity contribution < 1.29 is 14.3 Å². The summed E-state index contributed by atoms with van der Waals surface area (Å²) in [6.45, 7) is 7.52. The second kappa shape index (κ2) is 7.51. The van der Waals surface area contributed by atoms with Crippen molar-refractivity contribution in [1.82, 2.24) is 4.90 Å². The molecule has 0 saturated heterocycles. The molecule has 0 spiro atoms. The van der Waals surface area contributed by atoms with Gasteiger partial charge in [0.25, 0.3) is 0 Å². The number of amides is 2. The number of carbonyl (C=O) groups is 1. The second-order valence-corrected chi connectivity index (χ2v) is 3.97. The molecule has 1 aromatic rings. The van der Waals surface area contributed by atoms with Gasteiger partial charge in [-0.1, -0.05) is 0 Å². The Kier molecular flexibility index (Phi) is 5.99. The van der Waals surface area contributed by atoms with Crippen molar-refractivity contribution in [3.05, 3.63) is 18.2 Å². The molecule has 0 saturated carbocycles. The van der Waals surface area contributed by atoms with Crippen molar-refractivity contribution in [2.45, 2.75) is 20.8 Å². The number of hydrogen-bond acceptors (Lipinski definition) is 3. The van der Waals surface area contributed by atoms with Gasteiger partial charge in [0.1, 0.15) is 0 Å². The van der Waals surface area contributed by atoms with Crippen LogP contribution in [0.25, 0.3) is 0 Å². The van der Waals surface area contributed by atoms with Crippen LogP contribution in [0, 0.1) is 0 Å². The third kappa shape index (κ3) is 4.35. The minimum atomic E-state index is -0.144. The number of urea groups is 1. The van der Waals surface area contributed by atoms with Crippen molar-refractivity contribution in [1.29, 1.82) is 0 Å². The lowest BCUT2D eigenvalue weighted by molar-refractivity contribution is 0.224. The van der Waals surface area contributed by atoms with Crippen molar-refractivity contribution in [3.63, 3.8) is 0 Å². The fourth-order valence-corrected chi connectivity index (χ4v) is 1.49. The number of nitrogens with zero attached hydrogens (tertiary/aromatic N) is 1. The molecule has 0 atom stereocenters. The van der Waals surface area contributed by atoms with Crippen LogP contribution < -0.4 is 14.8 Å². The number of anilines is 1. The van der Waals surface area contributed by atoms with Crippen LogP contribution in [-0.4, -0.2) is 37.7 Å². The Labute approximate surface area is 114 Å². The van der Waals surface area contributed by atoms with E-state index < -0.39 is 0 Å². The molecule has 19 heavy (non-hydrogen) atoms. The van der Waals surface area contributed by atoms with Crippen molar-refractivity contribution >= 4 is 11.7 Å². The SMILES string of the molecule is CCOc1ccc(NC(=O)N(C)CC)cc1OCC. The maximum atomic E-state index is 11.8. The van der Waals surface area contributed by atoms with E-state index in [0.29, 0.717) is 36.9 Å². The van der Waals surface area contributed by atoms with Crippen LogP contribution in [0.1, 0.15) is 20.8 Å². The Balaban J connectivity index is 2.85. The van der Waals surface area contributed by atoms with E-state index in [1.807, 2.05) is 20.8 Å². The fraction of sp³-hybridized carbons (Fsp3) is 0.500. The van der Waals surface area contributed by atoms with E-state index in [9.17, 15) is 4.79 Å². The van der Waals surface area contributed by atoms with E-state index in [-0.39, 0.29) is 6.03 Å². The van der Waals surface area contributed by atoms with Crippen LogP contribution in [0.3, 0.4) is 0 Å². The standard InChI is InChI=1S/C14H22N2O3/c1-5-16(4)14(17)15-11-8-9-12(18-6-2)13(10-11)19-7-3/h8-10H,5-7H2,1-4H3,(H,15,17). The first kappa shape index (κ1) is 15.1. The summed E-state index contributed by atoms with van der Waals surface area (Å²) in [6, 6.07) is 5.23. The average molecular weight is 266 g/mol. The molecule has 1 N–H and O–H groups in total. The van der Waals surface area contributed by atoms with E-state index in [1.165, 1.54) is 0 Å². The van der Waals surface area contributed by atoms with Gasteiger partial charge in [-0.2, -0.15) is 0 Å². The largest absolute Gasteiger partial charge is 0.490 e. The van der Waals surface area contributed by atoms with Crippen molar-refractivity contribution in [2.24, 2.45) is 0 Å². The third-order valence-electron chi connectivity index (χ3n) is 2.62. The summed E-state index contributed by atoms with van der Waals surface area (Å²) >= 11 is 0. The van der Waals surface area contributed by atoms with Gasteiger partial charge in [-0.15, -0.1) is 0 Å². The summed E-state index contributed by atoms with van der Waals surface area (Å²) < 4.78 is 11.0. The molecule has 0 aromatic heterocycles. The van der Waals surface area contributed by atoms with Crippen LogP contribution >= 0.6 is 0 Å². The number of nitrogens with one attached hydrogen (secondary N) is 1. The highest BCUT2D eigenvalue weighted by molar-refractivity contribution is 5.89. The van der Waals surface area contributed by atoms with E-state index in [1.54, 1.807) is 30.1 Å². The molecule has 0 radical (unpaired) electrons. The highest BCUT2D eigenvalue weighted by Gasteiger charge is 2.10. The van der Waals surface area contributed by atoms with Gasteiger partial charge in [-0.3, -0.25) is 0 Å². The zero-order chi connectivity index (χ0) is 14.3. The molecule has 1 rings (SSSR count). The van der Waals surface area contributed by atoms with E-state index in [0.717, 1.165) is 0 Å². The molecule has 5 nitrogen and oxygen atoms in total. The summed E-state index contributed by atoms with van der Waals surface area (Å²) in [4.78, 5) is 13.4. The normalized spacial score (nSPS) is 9.89. The molecule has 2 amide bonds. The monoisotopic (exact) mass is 266 g/mol. The molecule has 1 aromatic carbocycles. The maximum absolute atomic E-state index is 11.8. The summed E-state index contributed by atoms with van der Waals surface area (Å²) in [5.74, 6) is 1.33. The Bertz CT molecular complexity index is 421. The summed E-state index contributed by atoms with van der Waals surface area (Å²) in [6.07, 6.45) is 0. The average Bonchev–Trinajstić information content (AvgIpc) is 2.41. The maximum Gasteiger partial charge on any atom is 0.321 e. The van der Waals surface area contributed by atoms with Gasteiger partial charge < -0.3 is 19.7 Å². The molecule has 0 fully saturated rings. The fourth-order valence-electron chi connectivity index (χ4n) is 1.49. The van der Waals surface area contributed by atoms with Crippen LogP contribution in [0.2, 0.25) is 0 Å². The third-order valence-corrected chi connectivity index (χ3v) is 2.62. The Morgan fingerprint density at radius 2 is 1.79 bits per heavy atom. The number of carbonyl (C=O) groups excluding carboxylic acids is 1. The Hall–Kier alpha value is -1.91. The predicted octanol–water partition coefficient (Wildman–Crippen LogP) is 2.97. The van der Waals surface area contributed by atoms with Gasteiger partial charge in [-0.25, -0.2) is 4.79 Å². The van der Waals surface area contributed by atoms with Gasteiger partial charge in [0.05, 0.1) is 13.2 Å². The van der Waals surface area contributed by atoms with Gasteiger partial charge >= 0.3 is 6.03 Å². The first-order chi connectivity index (χ1) is 9.12. The zero-order valence-corrected chi connectivity index (χ0v) is 12.0. The zero-order valence-electron chi connectivity index (χ0n) is 12.0. The van der Waals surface area contributed by atoms with E-state index >= 15 is 0 Å². The molecule has 106 valence electrons. The lowest BCUT2D eigenvalue weighted by Gasteiger charge is -2.17. The lowest BCUT2D eigenvalue weighted by Crippen LogP contribution is -2.30. The van der Waals surface area contributed by atoms with Crippen molar-refractivity contribution in [3.8, 4) is 11.5 Å².